The van der Waals surface area contributed by atoms with Crippen LogP contribution in [0.1, 0.15) is 11.1 Å². The Labute approximate surface area is 175 Å². The molecule has 144 valence electrons. The van der Waals surface area contributed by atoms with E-state index in [0.29, 0.717) is 17.6 Å². The third-order valence-corrected chi connectivity index (χ3v) is 4.76. The van der Waals surface area contributed by atoms with Crippen molar-refractivity contribution in [3.8, 4) is 11.3 Å². The van der Waals surface area contributed by atoms with Crippen LogP contribution in [0.3, 0.4) is 0 Å². The molecule has 0 spiro atoms. The molecule has 1 aromatic heterocycles. The van der Waals surface area contributed by atoms with E-state index in [1.807, 2.05) is 54.6 Å². The molecule has 6 heteroatoms. The topological polar surface area (TPSA) is 61.9 Å². The normalized spacial score (nSPS) is 10.5. The van der Waals surface area contributed by atoms with Crippen LogP contribution in [0.5, 0.6) is 0 Å². The van der Waals surface area contributed by atoms with E-state index in [-0.39, 0.29) is 0 Å². The lowest BCUT2D eigenvalue weighted by atomic mass is 10.1. The molecule has 0 aliphatic carbocycles. The highest BCUT2D eigenvalue weighted by molar-refractivity contribution is 7.80. The minimum Gasteiger partial charge on any atom is -0.357 e. The van der Waals surface area contributed by atoms with E-state index in [1.165, 1.54) is 5.56 Å². The minimum atomic E-state index is 0.461. The van der Waals surface area contributed by atoms with Crippen LogP contribution in [-0.4, -0.2) is 15.1 Å². The second-order valence-electron chi connectivity index (χ2n) is 6.70. The summed E-state index contributed by atoms with van der Waals surface area (Å²) in [6.45, 7) is 2.71. The Hall–Kier alpha value is -3.51. The Morgan fingerprint density at radius 1 is 0.862 bits per heavy atom. The van der Waals surface area contributed by atoms with Crippen LogP contribution < -0.4 is 16.2 Å². The van der Waals surface area contributed by atoms with Crippen molar-refractivity contribution in [2.75, 3.05) is 5.43 Å². The summed E-state index contributed by atoms with van der Waals surface area (Å²) in [5, 5.41) is 4.64. The molecule has 4 aromatic rings. The summed E-state index contributed by atoms with van der Waals surface area (Å²) in [4.78, 5) is 9.32. The zero-order chi connectivity index (χ0) is 20.1. The number of rotatable bonds is 5. The predicted octanol–water partition coefficient (Wildman–Crippen LogP) is 4.60. The zero-order valence-electron chi connectivity index (χ0n) is 16.0. The van der Waals surface area contributed by atoms with Crippen molar-refractivity contribution in [3.63, 3.8) is 0 Å². The van der Waals surface area contributed by atoms with E-state index < -0.39 is 0 Å². The molecule has 3 N–H and O–H groups in total. The van der Waals surface area contributed by atoms with Gasteiger partial charge in [0.25, 0.3) is 0 Å². The van der Waals surface area contributed by atoms with Crippen molar-refractivity contribution in [1.29, 1.82) is 0 Å². The van der Waals surface area contributed by atoms with Gasteiger partial charge in [-0.2, -0.15) is 0 Å². The molecule has 0 fully saturated rings. The summed E-state index contributed by atoms with van der Waals surface area (Å²) >= 11 is 5.35. The lowest BCUT2D eigenvalue weighted by Crippen LogP contribution is -2.38. The molecule has 29 heavy (non-hydrogen) atoms. The average Bonchev–Trinajstić information content (AvgIpc) is 2.77. The van der Waals surface area contributed by atoms with Crippen molar-refractivity contribution in [3.05, 3.63) is 90.0 Å². The summed E-state index contributed by atoms with van der Waals surface area (Å²) < 4.78 is 0. The van der Waals surface area contributed by atoms with Gasteiger partial charge in [-0.25, -0.2) is 9.97 Å². The minimum absolute atomic E-state index is 0.461. The van der Waals surface area contributed by atoms with Crippen LogP contribution in [0.15, 0.2) is 78.9 Å². The van der Waals surface area contributed by atoms with Crippen molar-refractivity contribution in [2.24, 2.45) is 0 Å². The van der Waals surface area contributed by atoms with E-state index in [1.54, 1.807) is 0 Å². The molecule has 5 nitrogen and oxygen atoms in total. The number of hydrogen-bond donors (Lipinski definition) is 3. The van der Waals surface area contributed by atoms with Gasteiger partial charge >= 0.3 is 0 Å². The molecule has 1 heterocycles. The first kappa shape index (κ1) is 18.8. The summed E-state index contributed by atoms with van der Waals surface area (Å²) in [6, 6.07) is 26.4. The van der Waals surface area contributed by atoms with Crippen LogP contribution in [0.2, 0.25) is 0 Å². The summed E-state index contributed by atoms with van der Waals surface area (Å²) in [6.07, 6.45) is 0. The van der Waals surface area contributed by atoms with Gasteiger partial charge in [-0.05, 0) is 30.8 Å². The number of fused-ring (bicyclic) bond motifs is 1. The molecule has 0 saturated carbocycles. The predicted molar refractivity (Wildman–Crippen MR) is 122 cm³/mol. The Kier molecular flexibility index (Phi) is 5.63. The number of benzene rings is 3. The van der Waals surface area contributed by atoms with Gasteiger partial charge in [0.1, 0.15) is 0 Å². The Bertz CT molecular complexity index is 1130. The molecular weight excluding hydrogens is 378 g/mol. The summed E-state index contributed by atoms with van der Waals surface area (Å²) in [7, 11) is 0. The molecule has 0 unspecified atom stereocenters. The first-order chi connectivity index (χ1) is 14.2. The number of hydrazine groups is 1. The Morgan fingerprint density at radius 2 is 1.59 bits per heavy atom. The second-order valence-corrected chi connectivity index (χ2v) is 7.11. The van der Waals surface area contributed by atoms with Crippen molar-refractivity contribution in [1.82, 2.24) is 20.7 Å². The fourth-order valence-corrected chi connectivity index (χ4v) is 3.12. The van der Waals surface area contributed by atoms with E-state index in [2.05, 4.69) is 52.3 Å². The molecule has 0 aliphatic rings. The fourth-order valence-electron chi connectivity index (χ4n) is 3.00. The van der Waals surface area contributed by atoms with E-state index in [0.717, 1.165) is 27.7 Å². The highest BCUT2D eigenvalue weighted by Crippen LogP contribution is 2.27. The monoisotopic (exact) mass is 399 g/mol. The molecule has 4 rings (SSSR count). The van der Waals surface area contributed by atoms with Crippen LogP contribution in [0, 0.1) is 6.92 Å². The number of anilines is 1. The van der Waals surface area contributed by atoms with Crippen molar-refractivity contribution < 1.29 is 0 Å². The number of nitrogens with zero attached hydrogens (tertiary/aromatic N) is 2. The maximum absolute atomic E-state index is 5.35. The zero-order valence-corrected chi connectivity index (χ0v) is 16.8. The quantitative estimate of drug-likeness (QED) is 0.337. The second kappa shape index (κ2) is 8.67. The molecular formula is C23H21N5S. The Balaban J connectivity index is 1.51. The third-order valence-electron chi connectivity index (χ3n) is 4.51. The standard InChI is InChI=1S/C23H21N5S/c1-16-11-13-18(14-12-16)21-19-9-5-6-10-20(19)25-22(26-21)27-28-23(29)24-15-17-7-3-2-4-8-17/h2-14H,15H2,1H3,(H2,24,28,29)(H,25,26,27). The highest BCUT2D eigenvalue weighted by atomic mass is 32.1. The van der Waals surface area contributed by atoms with E-state index in [4.69, 9.17) is 17.2 Å². The average molecular weight is 400 g/mol. The van der Waals surface area contributed by atoms with Crippen molar-refractivity contribution in [2.45, 2.75) is 13.5 Å². The number of thiocarbonyl (C=S) groups is 1. The third kappa shape index (κ3) is 4.67. The maximum Gasteiger partial charge on any atom is 0.242 e. The van der Waals surface area contributed by atoms with Gasteiger partial charge in [-0.1, -0.05) is 78.4 Å². The lowest BCUT2D eigenvalue weighted by Gasteiger charge is -2.13. The van der Waals surface area contributed by atoms with Gasteiger partial charge in [0, 0.05) is 17.5 Å². The van der Waals surface area contributed by atoms with Gasteiger partial charge in [0.2, 0.25) is 5.95 Å². The first-order valence-electron chi connectivity index (χ1n) is 9.37. The molecule has 0 atom stereocenters. The first-order valence-corrected chi connectivity index (χ1v) is 9.77. The largest absolute Gasteiger partial charge is 0.357 e. The maximum atomic E-state index is 5.35. The molecule has 0 radical (unpaired) electrons. The van der Waals surface area contributed by atoms with Crippen LogP contribution >= 0.6 is 12.2 Å². The molecule has 3 aromatic carbocycles. The van der Waals surface area contributed by atoms with Crippen LogP contribution in [-0.2, 0) is 6.54 Å². The van der Waals surface area contributed by atoms with E-state index >= 15 is 0 Å². The van der Waals surface area contributed by atoms with E-state index in [9.17, 15) is 0 Å². The van der Waals surface area contributed by atoms with Gasteiger partial charge in [0.05, 0.1) is 11.2 Å². The van der Waals surface area contributed by atoms with Gasteiger partial charge < -0.3 is 5.32 Å². The van der Waals surface area contributed by atoms with Gasteiger partial charge in [0.15, 0.2) is 5.11 Å². The summed E-state index contributed by atoms with van der Waals surface area (Å²) in [5.74, 6) is 0.461. The smallest absolute Gasteiger partial charge is 0.242 e. The van der Waals surface area contributed by atoms with Gasteiger partial charge in [-0.3, -0.25) is 10.9 Å². The molecule has 0 aliphatic heterocycles. The van der Waals surface area contributed by atoms with Crippen LogP contribution in [0.25, 0.3) is 22.2 Å². The van der Waals surface area contributed by atoms with Crippen molar-refractivity contribution >= 4 is 34.2 Å². The highest BCUT2D eigenvalue weighted by Gasteiger charge is 2.10. The number of para-hydroxylation sites is 1. The number of aromatic nitrogens is 2. The molecule has 0 bridgehead atoms. The molecule has 0 saturated heterocycles. The molecule has 0 amide bonds. The Morgan fingerprint density at radius 3 is 2.38 bits per heavy atom. The lowest BCUT2D eigenvalue weighted by molar-refractivity contribution is 0.880. The fraction of sp³-hybridized carbons (Fsp3) is 0.0870. The SMILES string of the molecule is Cc1ccc(-c2nc(NNC(=S)NCc3ccccc3)nc3ccccc23)cc1. The van der Waals surface area contributed by atoms with Gasteiger partial charge in [-0.15, -0.1) is 0 Å². The number of hydrogen-bond acceptors (Lipinski definition) is 4. The van der Waals surface area contributed by atoms with Crippen LogP contribution in [0.4, 0.5) is 5.95 Å². The number of nitrogens with one attached hydrogen (secondary N) is 3. The number of aryl methyl sites for hydroxylation is 1. The summed E-state index contributed by atoms with van der Waals surface area (Å²) in [5.41, 5.74) is 11.1.